The predicted molar refractivity (Wildman–Crippen MR) is 162 cm³/mol. The molecule has 4 aromatic rings. The van der Waals surface area contributed by atoms with E-state index in [2.05, 4.69) is 10.3 Å². The molecule has 1 N–H and O–H groups in total. The third-order valence-corrected chi connectivity index (χ3v) is 8.45. The van der Waals surface area contributed by atoms with E-state index in [1.165, 1.54) is 10.4 Å². The normalized spacial score (nSPS) is 11.9. The quantitative estimate of drug-likeness (QED) is 0.130. The molecular weight excluding hydrogens is 550 g/mol. The van der Waals surface area contributed by atoms with Crippen LogP contribution in [0.1, 0.15) is 38.7 Å². The average Bonchev–Trinajstić information content (AvgIpc) is 3.69. The van der Waals surface area contributed by atoms with Gasteiger partial charge in [0.1, 0.15) is 17.3 Å². The largest absolute Gasteiger partial charge is 0.351 e. The number of imidazole rings is 1. The summed E-state index contributed by atoms with van der Waals surface area (Å²) < 4.78 is 32.1. The van der Waals surface area contributed by atoms with Gasteiger partial charge in [0.05, 0.1) is 16.9 Å². The maximum absolute atomic E-state index is 13.5. The van der Waals surface area contributed by atoms with E-state index < -0.39 is 15.9 Å². The van der Waals surface area contributed by atoms with Crippen LogP contribution in [0.15, 0.2) is 90.0 Å². The molecule has 42 heavy (non-hydrogen) atoms. The summed E-state index contributed by atoms with van der Waals surface area (Å²) in [5.41, 5.74) is 2.23. The Bertz CT molecular complexity index is 1650. The Labute approximate surface area is 247 Å². The van der Waals surface area contributed by atoms with E-state index in [0.29, 0.717) is 62.3 Å². The average molecular weight is 586 g/mol. The van der Waals surface area contributed by atoms with Crippen molar-refractivity contribution in [2.45, 2.75) is 44.6 Å². The number of amides is 1. The zero-order valence-corrected chi connectivity index (χ0v) is 24.7. The molecule has 2 aromatic carbocycles. The van der Waals surface area contributed by atoms with Crippen LogP contribution in [0.25, 0.3) is 23.0 Å². The smallest absolute Gasteiger partial charge is 0.261 e. The van der Waals surface area contributed by atoms with Crippen LogP contribution in [0.2, 0.25) is 0 Å². The second kappa shape index (κ2) is 14.4. The molecule has 0 spiro atoms. The summed E-state index contributed by atoms with van der Waals surface area (Å²) in [6.07, 6.45) is 10.6. The van der Waals surface area contributed by atoms with E-state index in [-0.39, 0.29) is 10.5 Å². The minimum absolute atomic E-state index is 0.0765. The number of carbonyl (C=O) groups excluding carboxylic acids is 1. The van der Waals surface area contributed by atoms with Gasteiger partial charge < -0.3 is 9.88 Å². The number of carbonyl (C=O) groups is 1. The third kappa shape index (κ3) is 7.40. The van der Waals surface area contributed by atoms with Crippen molar-refractivity contribution in [3.63, 3.8) is 0 Å². The van der Waals surface area contributed by atoms with Crippen LogP contribution in [0.4, 0.5) is 0 Å². The number of nitrogens with one attached hydrogen (secondary N) is 1. The van der Waals surface area contributed by atoms with E-state index in [9.17, 15) is 18.5 Å². The van der Waals surface area contributed by atoms with Gasteiger partial charge in [-0.05, 0) is 49.6 Å². The molecule has 2 aromatic heterocycles. The van der Waals surface area contributed by atoms with Crippen LogP contribution in [-0.4, -0.2) is 57.6 Å². The third-order valence-electron chi connectivity index (χ3n) is 6.56. The van der Waals surface area contributed by atoms with Gasteiger partial charge in [0, 0.05) is 55.9 Å². The number of sulfonamides is 1. The molecule has 0 atom stereocenters. The molecule has 218 valence electrons. The number of benzene rings is 2. The number of aromatic nitrogens is 4. The topological polar surface area (TPSA) is 126 Å². The number of hydrogen-bond donors (Lipinski definition) is 1. The molecule has 11 heteroatoms. The summed E-state index contributed by atoms with van der Waals surface area (Å²) in [5.74, 6) is -0.493. The standard InChI is InChI=1S/C31H35N7O3S/c1-3-16-37(17-4-2)42(40,41)29-13-8-10-25(21-29)30-27(23-38(35-30)28-11-6-5-7-12-28)20-26(22-32)31(39)34-14-9-18-36-19-15-33-24-36/h5-8,10-13,15,19-21,23-24H,3-4,9,14,16-18H2,1-2H3,(H,34,39). The first-order valence-corrected chi connectivity index (χ1v) is 15.4. The van der Waals surface area contributed by atoms with E-state index in [1.54, 1.807) is 47.7 Å². The van der Waals surface area contributed by atoms with Crippen LogP contribution in [0, 0.1) is 11.3 Å². The molecule has 10 nitrogen and oxygen atoms in total. The van der Waals surface area contributed by atoms with Crippen LogP contribution in [0.3, 0.4) is 0 Å². The molecule has 0 aliphatic rings. The van der Waals surface area contributed by atoms with E-state index in [0.717, 1.165) is 5.69 Å². The molecule has 0 saturated carbocycles. The van der Waals surface area contributed by atoms with Gasteiger partial charge in [-0.15, -0.1) is 0 Å². The zero-order chi connectivity index (χ0) is 30.0. The lowest BCUT2D eigenvalue weighted by Crippen LogP contribution is -2.32. The maximum Gasteiger partial charge on any atom is 0.261 e. The number of aryl methyl sites for hydroxylation is 1. The van der Waals surface area contributed by atoms with E-state index in [4.69, 9.17) is 5.10 Å². The zero-order valence-electron chi connectivity index (χ0n) is 23.8. The molecule has 0 aliphatic heterocycles. The molecule has 0 unspecified atom stereocenters. The number of para-hydroxylation sites is 1. The van der Waals surface area contributed by atoms with Crippen molar-refractivity contribution in [2.24, 2.45) is 0 Å². The molecular formula is C31H35N7O3S. The maximum atomic E-state index is 13.5. The fourth-order valence-electron chi connectivity index (χ4n) is 4.52. The molecule has 2 heterocycles. The Balaban J connectivity index is 1.68. The predicted octanol–water partition coefficient (Wildman–Crippen LogP) is 4.66. The molecule has 0 aliphatic carbocycles. The van der Waals surface area contributed by atoms with E-state index in [1.807, 2.05) is 61.0 Å². The lowest BCUT2D eigenvalue weighted by Gasteiger charge is -2.21. The van der Waals surface area contributed by atoms with Gasteiger partial charge in [-0.25, -0.2) is 18.1 Å². The first kappa shape index (κ1) is 30.4. The SMILES string of the molecule is CCCN(CCC)S(=O)(=O)c1cccc(-c2nn(-c3ccccc3)cc2C=C(C#N)C(=O)NCCCn2ccnc2)c1. The van der Waals surface area contributed by atoms with Crippen molar-refractivity contribution in [3.8, 4) is 23.0 Å². The van der Waals surface area contributed by atoms with Crippen molar-refractivity contribution in [2.75, 3.05) is 19.6 Å². The summed E-state index contributed by atoms with van der Waals surface area (Å²) in [4.78, 5) is 17.1. The summed E-state index contributed by atoms with van der Waals surface area (Å²) >= 11 is 0. The monoisotopic (exact) mass is 585 g/mol. The number of nitrogens with zero attached hydrogens (tertiary/aromatic N) is 6. The molecule has 4 rings (SSSR count). The number of rotatable bonds is 14. The van der Waals surface area contributed by atoms with Crippen LogP contribution < -0.4 is 5.32 Å². The van der Waals surface area contributed by atoms with Crippen molar-refractivity contribution in [1.82, 2.24) is 29.0 Å². The molecule has 0 bridgehead atoms. The second-order valence-corrected chi connectivity index (χ2v) is 11.7. The number of nitriles is 1. The first-order chi connectivity index (χ1) is 20.4. The van der Waals surface area contributed by atoms with Gasteiger partial charge in [0.2, 0.25) is 10.0 Å². The van der Waals surface area contributed by atoms with Gasteiger partial charge in [0.25, 0.3) is 5.91 Å². The van der Waals surface area contributed by atoms with Gasteiger partial charge in [-0.1, -0.05) is 44.2 Å². The summed E-state index contributed by atoms with van der Waals surface area (Å²) in [6, 6.07) is 18.1. The summed E-state index contributed by atoms with van der Waals surface area (Å²) in [5, 5.41) is 17.4. The van der Waals surface area contributed by atoms with Gasteiger partial charge in [-0.3, -0.25) is 4.79 Å². The minimum atomic E-state index is -3.72. The minimum Gasteiger partial charge on any atom is -0.351 e. The van der Waals surface area contributed by atoms with Crippen molar-refractivity contribution < 1.29 is 13.2 Å². The highest BCUT2D eigenvalue weighted by molar-refractivity contribution is 7.89. The Morgan fingerprint density at radius 2 is 1.86 bits per heavy atom. The molecule has 0 fully saturated rings. The Morgan fingerprint density at radius 3 is 2.52 bits per heavy atom. The Kier molecular flexibility index (Phi) is 10.4. The molecule has 1 amide bonds. The fourth-order valence-corrected chi connectivity index (χ4v) is 6.19. The highest BCUT2D eigenvalue weighted by Crippen LogP contribution is 2.29. The summed E-state index contributed by atoms with van der Waals surface area (Å²) in [6.45, 7) is 5.84. The van der Waals surface area contributed by atoms with E-state index >= 15 is 0 Å². The Morgan fingerprint density at radius 1 is 1.10 bits per heavy atom. The summed E-state index contributed by atoms with van der Waals surface area (Å²) in [7, 11) is -3.72. The highest BCUT2D eigenvalue weighted by Gasteiger charge is 2.24. The van der Waals surface area contributed by atoms with Crippen molar-refractivity contribution in [3.05, 3.63) is 90.7 Å². The lowest BCUT2D eigenvalue weighted by atomic mass is 10.1. The lowest BCUT2D eigenvalue weighted by molar-refractivity contribution is -0.117. The van der Waals surface area contributed by atoms with Gasteiger partial charge in [0.15, 0.2) is 0 Å². The van der Waals surface area contributed by atoms with Crippen molar-refractivity contribution in [1.29, 1.82) is 5.26 Å². The van der Waals surface area contributed by atoms with Gasteiger partial charge >= 0.3 is 0 Å². The van der Waals surface area contributed by atoms with Gasteiger partial charge in [-0.2, -0.15) is 14.7 Å². The molecule has 0 radical (unpaired) electrons. The molecule has 0 saturated heterocycles. The van der Waals surface area contributed by atoms with Crippen LogP contribution >= 0.6 is 0 Å². The van der Waals surface area contributed by atoms with Crippen molar-refractivity contribution >= 4 is 22.0 Å². The number of hydrogen-bond acceptors (Lipinski definition) is 6. The first-order valence-electron chi connectivity index (χ1n) is 14.0. The fraction of sp³-hybridized carbons (Fsp3) is 0.290. The van der Waals surface area contributed by atoms with Crippen LogP contribution in [-0.2, 0) is 21.4 Å². The second-order valence-electron chi connectivity index (χ2n) is 9.72. The van der Waals surface area contributed by atoms with Crippen LogP contribution in [0.5, 0.6) is 0 Å². The highest BCUT2D eigenvalue weighted by atomic mass is 32.2. The Hall–Kier alpha value is -4.53.